The minimum atomic E-state index is -0.620. The summed E-state index contributed by atoms with van der Waals surface area (Å²) < 4.78 is 26.3. The van der Waals surface area contributed by atoms with Crippen molar-refractivity contribution in [3.63, 3.8) is 0 Å². The van der Waals surface area contributed by atoms with Crippen molar-refractivity contribution in [1.82, 2.24) is 16.0 Å². The van der Waals surface area contributed by atoms with Crippen LogP contribution in [0, 0.1) is 23.7 Å². The number of esters is 1. The molecule has 6 aliphatic rings. The first-order chi connectivity index (χ1) is 34.1. The molecule has 3 heterocycles. The Bertz CT molecular complexity index is 2750. The minimum Gasteiger partial charge on any atom is -0.508 e. The smallest absolute Gasteiger partial charge is 0.302 e. The van der Waals surface area contributed by atoms with Gasteiger partial charge in [0.05, 0.1) is 24.9 Å². The molecule has 3 aliphatic heterocycles. The molecule has 3 aliphatic carbocycles. The highest BCUT2D eigenvalue weighted by molar-refractivity contribution is 5.84. The van der Waals surface area contributed by atoms with Gasteiger partial charge in [0.15, 0.2) is 11.5 Å². The molecule has 8 N–H and O–H groups in total. The monoisotopic (exact) mass is 948 g/mol. The largest absolute Gasteiger partial charge is 0.508 e. The number of nitrogens with one attached hydrogen (secondary N) is 4. The number of dihydropyridines is 1. The first kappa shape index (κ1) is 47.5. The van der Waals surface area contributed by atoms with E-state index in [0.29, 0.717) is 43.5 Å². The zero-order valence-corrected chi connectivity index (χ0v) is 41.1. The average molecular weight is 948 g/mol. The molecule has 4 aromatic rings. The fourth-order valence-electron chi connectivity index (χ4n) is 12.8. The van der Waals surface area contributed by atoms with Crippen LogP contribution in [0.5, 0.6) is 28.7 Å². The number of phenolic OH excluding ortho intramolecular Hbond substituents is 2. The summed E-state index contributed by atoms with van der Waals surface area (Å²) in [7, 11) is 3.57. The average Bonchev–Trinajstić information content (AvgIpc) is 4.11. The molecule has 10 rings (SSSR count). The lowest BCUT2D eigenvalue weighted by Crippen LogP contribution is -2.41. The molecule has 0 saturated heterocycles. The highest BCUT2D eigenvalue weighted by Crippen LogP contribution is 2.63. The van der Waals surface area contributed by atoms with Gasteiger partial charge in [0.2, 0.25) is 0 Å². The van der Waals surface area contributed by atoms with E-state index in [4.69, 9.17) is 24.7 Å². The van der Waals surface area contributed by atoms with Crippen molar-refractivity contribution in [2.45, 2.75) is 120 Å². The normalized spacial score (nSPS) is 24.4. The Hall–Kier alpha value is -6.13. The summed E-state index contributed by atoms with van der Waals surface area (Å²) in [5.74, 6) is 8.68. The number of rotatable bonds is 15. The lowest BCUT2D eigenvalue weighted by molar-refractivity contribution is -0.141. The second-order valence-electron chi connectivity index (χ2n) is 20.4. The molecule has 4 bridgehead atoms. The van der Waals surface area contributed by atoms with Crippen LogP contribution >= 0.6 is 0 Å². The summed E-state index contributed by atoms with van der Waals surface area (Å²) in [6, 6.07) is 20.7. The van der Waals surface area contributed by atoms with E-state index in [2.05, 4.69) is 82.5 Å². The molecule has 7 atom stereocenters. The molecule has 70 heavy (non-hydrogen) atoms. The van der Waals surface area contributed by atoms with E-state index < -0.39 is 18.2 Å². The van der Waals surface area contributed by atoms with Crippen LogP contribution in [0.4, 0.5) is 5.69 Å². The fraction of sp³-hybridized carbons (Fsp3) is 0.466. The summed E-state index contributed by atoms with van der Waals surface area (Å²) in [5, 5.41) is 37.2. The number of allylic oxidation sites excluding steroid dienone is 3. The van der Waals surface area contributed by atoms with Crippen LogP contribution in [-0.4, -0.2) is 74.9 Å². The molecule has 0 aromatic heterocycles. The van der Waals surface area contributed by atoms with Crippen molar-refractivity contribution in [2.24, 2.45) is 17.6 Å². The van der Waals surface area contributed by atoms with Crippen LogP contribution in [0.15, 0.2) is 84.1 Å². The number of carbonyl (C=O) groups is 1. The van der Waals surface area contributed by atoms with E-state index in [-0.39, 0.29) is 47.4 Å². The number of carbonyl (C=O) groups excluding carboxylic acids is 1. The molecular weight excluding hydrogens is 879 g/mol. The Morgan fingerprint density at radius 1 is 1.01 bits per heavy atom. The Morgan fingerprint density at radius 3 is 2.66 bits per heavy atom. The van der Waals surface area contributed by atoms with Crippen molar-refractivity contribution < 1.29 is 34.0 Å². The first-order valence-electron chi connectivity index (χ1n) is 25.6. The minimum absolute atomic E-state index is 0.0200. The van der Waals surface area contributed by atoms with Crippen LogP contribution in [0.1, 0.15) is 111 Å². The fourth-order valence-corrected chi connectivity index (χ4v) is 12.8. The maximum absolute atomic E-state index is 12.7. The number of methoxy groups -OCH3 is 1. The van der Waals surface area contributed by atoms with Crippen LogP contribution in [0.25, 0.3) is 11.1 Å². The second kappa shape index (κ2) is 20.3. The number of para-hydroxylation sites is 1. The number of aromatic hydroxyl groups is 2. The zero-order valence-electron chi connectivity index (χ0n) is 41.1. The van der Waals surface area contributed by atoms with Crippen molar-refractivity contribution in [2.75, 3.05) is 45.7 Å². The predicted octanol–water partition coefficient (Wildman–Crippen LogP) is 8.59. The Balaban J connectivity index is 1.16. The Labute approximate surface area is 412 Å². The number of benzene rings is 4. The molecule has 12 heteroatoms. The molecule has 1 unspecified atom stereocenters. The lowest BCUT2D eigenvalue weighted by Gasteiger charge is -2.40. The van der Waals surface area contributed by atoms with Crippen LogP contribution < -0.4 is 41.2 Å². The number of anilines is 1. The molecule has 2 saturated carbocycles. The highest BCUT2D eigenvalue weighted by Gasteiger charge is 2.52. The van der Waals surface area contributed by atoms with Gasteiger partial charge in [-0.2, -0.15) is 0 Å². The lowest BCUT2D eigenvalue weighted by atomic mass is 9.64. The Kier molecular flexibility index (Phi) is 13.8. The third kappa shape index (κ3) is 9.32. The molecule has 1 spiro atoms. The van der Waals surface area contributed by atoms with Gasteiger partial charge in [-0.3, -0.25) is 4.79 Å². The van der Waals surface area contributed by atoms with Crippen LogP contribution in [0.2, 0.25) is 0 Å². The molecule has 368 valence electrons. The molecule has 0 amide bonds. The van der Waals surface area contributed by atoms with Gasteiger partial charge in [0.1, 0.15) is 36.1 Å². The van der Waals surface area contributed by atoms with E-state index in [1.54, 1.807) is 19.2 Å². The number of ether oxygens (including phenoxy) is 4. The van der Waals surface area contributed by atoms with Gasteiger partial charge in [-0.25, -0.2) is 0 Å². The van der Waals surface area contributed by atoms with E-state index in [0.717, 1.165) is 113 Å². The zero-order chi connectivity index (χ0) is 48.5. The summed E-state index contributed by atoms with van der Waals surface area (Å²) in [4.78, 5) is 12.7. The van der Waals surface area contributed by atoms with E-state index in [1.807, 2.05) is 25.3 Å². The quantitative estimate of drug-likeness (QED) is 0.0449. The van der Waals surface area contributed by atoms with Gasteiger partial charge in [-0.15, -0.1) is 0 Å². The third-order valence-corrected chi connectivity index (χ3v) is 15.9. The van der Waals surface area contributed by atoms with Crippen molar-refractivity contribution in [1.29, 1.82) is 0 Å². The number of hydrogen-bond donors (Lipinski definition) is 7. The standard InChI is InChI=1S/C58H69N5O7/c1-5-61-48-15-9-6-11-35(48)17-18-42-37-23-24-58(29-37)30-38-25-40(65)27-52(67-4)54(38)45-20-19-44-47(33-68-34(2)64)56(70-57(44)55(45)58)46-28-51(69-41(31-60-3)32-62-39-13-7-8-14-39)50(66)26-36(46)12-10-16-49-43(42)21-22-53(59)63-49/h6,9,11,15,19-22,25-28,37,39,41-42,47,53,56,60-63,65-66H,5,7-8,12-14,17-18,23-24,29-33,59H2,1-4H3/t37-,41+,42+,47-,53?,56+,58+/m0/s1. The number of fused-ring (bicyclic) bond motifs is 6. The summed E-state index contributed by atoms with van der Waals surface area (Å²) in [5.41, 5.74) is 17.4. The van der Waals surface area contributed by atoms with Crippen LogP contribution in [-0.2, 0) is 34.2 Å². The SMILES string of the molecule is CCNc1ccccc1CC[C@H]1C2=C(C#CCc3cc(O)c(O[C@H](CNC)CNC4CCCC4)cc3[C@H]3Oc4c(ccc5c4[C@@]4(CC[C@H]1C4)Cc1cc(O)cc(OC)c1-5)[C@@H]3COC(C)=O)NC(N)C=C2. The molecule has 0 radical (unpaired) electrons. The van der Waals surface area contributed by atoms with Crippen molar-refractivity contribution >= 4 is 11.7 Å². The number of phenols is 2. The first-order valence-corrected chi connectivity index (χ1v) is 25.6. The summed E-state index contributed by atoms with van der Waals surface area (Å²) in [6.07, 6.45) is 13.2. The number of likely N-dealkylation sites (N-methyl/N-ethyl adjacent to an activating group) is 1. The van der Waals surface area contributed by atoms with Crippen molar-refractivity contribution in [3.8, 4) is 51.7 Å². The van der Waals surface area contributed by atoms with E-state index in [1.165, 1.54) is 25.3 Å². The maximum Gasteiger partial charge on any atom is 0.302 e. The highest BCUT2D eigenvalue weighted by atomic mass is 16.5. The van der Waals surface area contributed by atoms with Gasteiger partial charge in [-0.1, -0.05) is 55.2 Å². The second-order valence-corrected chi connectivity index (χ2v) is 20.4. The predicted molar refractivity (Wildman–Crippen MR) is 273 cm³/mol. The molecule has 4 aromatic carbocycles. The number of aryl methyl sites for hydroxylation is 1. The Morgan fingerprint density at radius 2 is 1.86 bits per heavy atom. The van der Waals surface area contributed by atoms with Gasteiger partial charge in [0, 0.05) is 78.4 Å². The third-order valence-electron chi connectivity index (χ3n) is 15.9. The number of hydrogen-bond acceptors (Lipinski definition) is 12. The summed E-state index contributed by atoms with van der Waals surface area (Å²) in [6.45, 7) is 5.69. The van der Waals surface area contributed by atoms with Crippen molar-refractivity contribution in [3.05, 3.63) is 117 Å². The topological polar surface area (TPSA) is 169 Å². The van der Waals surface area contributed by atoms with Gasteiger partial charge < -0.3 is 56.2 Å². The molecule has 12 nitrogen and oxygen atoms in total. The van der Waals surface area contributed by atoms with E-state index in [9.17, 15) is 15.0 Å². The maximum atomic E-state index is 12.7. The summed E-state index contributed by atoms with van der Waals surface area (Å²) >= 11 is 0. The van der Waals surface area contributed by atoms with Gasteiger partial charge in [0.25, 0.3) is 0 Å². The molecular formula is C58H69N5O7. The number of nitrogens with two attached hydrogens (primary N) is 1. The van der Waals surface area contributed by atoms with Gasteiger partial charge >= 0.3 is 5.97 Å². The van der Waals surface area contributed by atoms with Crippen LogP contribution in [0.3, 0.4) is 0 Å². The van der Waals surface area contributed by atoms with E-state index >= 15 is 0 Å². The van der Waals surface area contributed by atoms with Gasteiger partial charge in [-0.05, 0) is 141 Å². The molecule has 2 fully saturated rings.